The van der Waals surface area contributed by atoms with Gasteiger partial charge in [-0.3, -0.25) is 4.79 Å². The lowest BCUT2D eigenvalue weighted by molar-refractivity contribution is 0.562. The van der Waals surface area contributed by atoms with E-state index in [1.165, 1.54) is 0 Å². The maximum Gasteiger partial charge on any atom is 0.291 e. The summed E-state index contributed by atoms with van der Waals surface area (Å²) in [5, 5.41) is 0. The van der Waals surface area contributed by atoms with Crippen molar-refractivity contribution in [1.82, 2.24) is 9.97 Å². The molecule has 1 aromatic rings. The van der Waals surface area contributed by atoms with Crippen molar-refractivity contribution < 1.29 is 0 Å². The van der Waals surface area contributed by atoms with E-state index in [-0.39, 0.29) is 11.0 Å². The van der Waals surface area contributed by atoms with Crippen LogP contribution in [-0.4, -0.2) is 23.1 Å². The van der Waals surface area contributed by atoms with Crippen LogP contribution < -0.4 is 10.5 Å². The first kappa shape index (κ1) is 11.8. The molecular formula is C14H21N3O. The van der Waals surface area contributed by atoms with E-state index in [2.05, 4.69) is 42.6 Å². The topological polar surface area (TPSA) is 49.0 Å². The standard InChI is InChI=1S/C14H21N3O/c1-8-9-6-17(7-10(8)9)12-13(18)16-11(5-15-12)14(2,3)4/h5,8-10H,6-7H2,1-4H3,(H,16,18). The molecule has 1 aliphatic carbocycles. The summed E-state index contributed by atoms with van der Waals surface area (Å²) < 4.78 is 0. The minimum Gasteiger partial charge on any atom is -0.351 e. The van der Waals surface area contributed by atoms with Crippen LogP contribution >= 0.6 is 0 Å². The largest absolute Gasteiger partial charge is 0.351 e. The lowest BCUT2D eigenvalue weighted by Gasteiger charge is -2.22. The normalized spacial score (nSPS) is 30.4. The Hall–Kier alpha value is -1.32. The van der Waals surface area contributed by atoms with Gasteiger partial charge in [-0.1, -0.05) is 27.7 Å². The lowest BCUT2D eigenvalue weighted by atomic mass is 9.93. The van der Waals surface area contributed by atoms with Gasteiger partial charge in [0.2, 0.25) is 0 Å². The van der Waals surface area contributed by atoms with Gasteiger partial charge in [0.1, 0.15) is 0 Å². The van der Waals surface area contributed by atoms with Crippen molar-refractivity contribution in [3.8, 4) is 0 Å². The fraction of sp³-hybridized carbons (Fsp3) is 0.714. The molecule has 2 fully saturated rings. The van der Waals surface area contributed by atoms with E-state index in [0.717, 1.165) is 36.5 Å². The van der Waals surface area contributed by atoms with Crippen LogP contribution in [0.3, 0.4) is 0 Å². The number of aromatic nitrogens is 2. The van der Waals surface area contributed by atoms with Crippen LogP contribution in [-0.2, 0) is 5.41 Å². The highest BCUT2D eigenvalue weighted by atomic mass is 16.1. The molecule has 0 aromatic carbocycles. The number of anilines is 1. The Bertz CT molecular complexity index is 517. The maximum atomic E-state index is 12.1. The first-order valence-corrected chi connectivity index (χ1v) is 6.72. The fourth-order valence-corrected chi connectivity index (χ4v) is 3.00. The van der Waals surface area contributed by atoms with Gasteiger partial charge in [0.15, 0.2) is 5.82 Å². The Balaban J connectivity index is 1.85. The van der Waals surface area contributed by atoms with Crippen LogP contribution in [0.2, 0.25) is 0 Å². The van der Waals surface area contributed by atoms with Crippen molar-refractivity contribution >= 4 is 5.82 Å². The van der Waals surface area contributed by atoms with Crippen LogP contribution in [0.25, 0.3) is 0 Å². The Kier molecular flexibility index (Phi) is 2.34. The molecule has 98 valence electrons. The molecule has 3 rings (SSSR count). The van der Waals surface area contributed by atoms with Crippen molar-refractivity contribution in [3.63, 3.8) is 0 Å². The zero-order valence-corrected chi connectivity index (χ0v) is 11.5. The number of aromatic amines is 1. The third-order valence-corrected chi connectivity index (χ3v) is 4.50. The van der Waals surface area contributed by atoms with E-state index in [1.807, 2.05) is 6.20 Å². The Morgan fingerprint density at radius 2 is 1.94 bits per heavy atom. The number of hydrogen-bond acceptors (Lipinski definition) is 3. The van der Waals surface area contributed by atoms with E-state index in [0.29, 0.717) is 5.82 Å². The Morgan fingerprint density at radius 3 is 2.44 bits per heavy atom. The number of H-pyrrole nitrogens is 1. The second-order valence-corrected chi connectivity index (χ2v) is 6.79. The van der Waals surface area contributed by atoms with Gasteiger partial charge in [-0.05, 0) is 17.8 Å². The third-order valence-electron chi connectivity index (χ3n) is 4.50. The first-order chi connectivity index (χ1) is 8.38. The SMILES string of the molecule is CC1C2CN(c3ncc(C(C)(C)C)[nH]c3=O)CC12. The molecule has 2 heterocycles. The summed E-state index contributed by atoms with van der Waals surface area (Å²) in [7, 11) is 0. The van der Waals surface area contributed by atoms with Crippen LogP contribution in [0.15, 0.2) is 11.0 Å². The third kappa shape index (κ3) is 1.74. The number of nitrogens with zero attached hydrogens (tertiary/aromatic N) is 2. The molecule has 0 radical (unpaired) electrons. The van der Waals surface area contributed by atoms with Gasteiger partial charge in [-0.25, -0.2) is 4.98 Å². The van der Waals surface area contributed by atoms with Crippen LogP contribution in [0.4, 0.5) is 5.82 Å². The molecule has 0 amide bonds. The van der Waals surface area contributed by atoms with E-state index in [4.69, 9.17) is 0 Å². The monoisotopic (exact) mass is 247 g/mol. The summed E-state index contributed by atoms with van der Waals surface area (Å²) in [4.78, 5) is 21.6. The maximum absolute atomic E-state index is 12.1. The summed E-state index contributed by atoms with van der Waals surface area (Å²) in [5.74, 6) is 3.01. The molecular weight excluding hydrogens is 226 g/mol. The molecule has 18 heavy (non-hydrogen) atoms. The van der Waals surface area contributed by atoms with E-state index >= 15 is 0 Å². The molecule has 0 bridgehead atoms. The molecule has 2 atom stereocenters. The van der Waals surface area contributed by atoms with E-state index < -0.39 is 0 Å². The fourth-order valence-electron chi connectivity index (χ4n) is 3.00. The van der Waals surface area contributed by atoms with Crippen molar-refractivity contribution in [2.24, 2.45) is 17.8 Å². The Morgan fingerprint density at radius 1 is 1.33 bits per heavy atom. The predicted octanol–water partition coefficient (Wildman–Crippen LogP) is 1.77. The quantitative estimate of drug-likeness (QED) is 0.822. The van der Waals surface area contributed by atoms with Gasteiger partial charge in [0.25, 0.3) is 5.56 Å². The van der Waals surface area contributed by atoms with Gasteiger partial charge in [-0.15, -0.1) is 0 Å². The molecule has 2 unspecified atom stereocenters. The highest BCUT2D eigenvalue weighted by Crippen LogP contribution is 2.51. The van der Waals surface area contributed by atoms with E-state index in [9.17, 15) is 4.79 Å². The minimum atomic E-state index is -0.0631. The summed E-state index contributed by atoms with van der Waals surface area (Å²) >= 11 is 0. The minimum absolute atomic E-state index is 0.0450. The molecule has 2 aliphatic rings. The van der Waals surface area contributed by atoms with Crippen LogP contribution in [0, 0.1) is 17.8 Å². The molecule has 1 aliphatic heterocycles. The van der Waals surface area contributed by atoms with Crippen molar-refractivity contribution in [2.45, 2.75) is 33.1 Å². The summed E-state index contributed by atoms with van der Waals surface area (Å²) in [6.07, 6.45) is 1.81. The predicted molar refractivity (Wildman–Crippen MR) is 71.9 cm³/mol. The van der Waals surface area contributed by atoms with Gasteiger partial charge in [0.05, 0.1) is 0 Å². The van der Waals surface area contributed by atoms with E-state index in [1.54, 1.807) is 0 Å². The van der Waals surface area contributed by atoms with Crippen molar-refractivity contribution in [3.05, 3.63) is 22.2 Å². The number of piperidine rings is 1. The first-order valence-electron chi connectivity index (χ1n) is 6.72. The van der Waals surface area contributed by atoms with Gasteiger partial charge in [-0.2, -0.15) is 0 Å². The smallest absolute Gasteiger partial charge is 0.291 e. The Labute approximate surface area is 107 Å². The number of fused-ring (bicyclic) bond motifs is 1. The molecule has 0 spiro atoms. The van der Waals surface area contributed by atoms with Crippen molar-refractivity contribution in [2.75, 3.05) is 18.0 Å². The second kappa shape index (κ2) is 3.59. The zero-order chi connectivity index (χ0) is 13.1. The van der Waals surface area contributed by atoms with Crippen molar-refractivity contribution in [1.29, 1.82) is 0 Å². The van der Waals surface area contributed by atoms with Gasteiger partial charge >= 0.3 is 0 Å². The molecule has 4 heteroatoms. The molecule has 1 saturated heterocycles. The zero-order valence-electron chi connectivity index (χ0n) is 11.5. The molecule has 1 N–H and O–H groups in total. The number of rotatable bonds is 1. The molecule has 4 nitrogen and oxygen atoms in total. The second-order valence-electron chi connectivity index (χ2n) is 6.79. The number of nitrogens with one attached hydrogen (secondary N) is 1. The average Bonchev–Trinajstić information content (AvgIpc) is 2.75. The molecule has 1 saturated carbocycles. The summed E-state index contributed by atoms with van der Waals surface area (Å²) in [5.41, 5.74) is 0.789. The van der Waals surface area contributed by atoms with Gasteiger partial charge in [0, 0.05) is 30.4 Å². The highest BCUT2D eigenvalue weighted by molar-refractivity contribution is 5.40. The van der Waals surface area contributed by atoms with Gasteiger partial charge < -0.3 is 9.88 Å². The summed E-state index contributed by atoms with van der Waals surface area (Å²) in [6, 6.07) is 0. The van der Waals surface area contributed by atoms with Crippen LogP contribution in [0.5, 0.6) is 0 Å². The molecule has 1 aromatic heterocycles. The average molecular weight is 247 g/mol. The number of hydrogen-bond donors (Lipinski definition) is 1. The highest BCUT2D eigenvalue weighted by Gasteiger charge is 2.53. The summed E-state index contributed by atoms with van der Waals surface area (Å²) in [6.45, 7) is 10.5. The lowest BCUT2D eigenvalue weighted by Crippen LogP contribution is -2.32. The van der Waals surface area contributed by atoms with Crippen LogP contribution in [0.1, 0.15) is 33.4 Å².